The number of rotatable bonds is 6. The van der Waals surface area contributed by atoms with Gasteiger partial charge in [0.25, 0.3) is 0 Å². The SMILES string of the molecule is OB(O)c1ccc(N(c2ccc(-c3ccccc3)cc2)c2ccc(-c3cccc4ccccc34)c3ccccc23)c2ccccc12. The second-order valence-electron chi connectivity index (χ2n) is 11.5. The molecule has 2 N–H and O–H groups in total. The van der Waals surface area contributed by atoms with Crippen LogP contribution in [0.15, 0.2) is 170 Å². The molecule has 0 saturated heterocycles. The third-order valence-electron chi connectivity index (χ3n) is 8.91. The maximum Gasteiger partial charge on any atom is 0.489 e. The van der Waals surface area contributed by atoms with Crippen LogP contribution in [0.1, 0.15) is 0 Å². The zero-order chi connectivity index (χ0) is 31.0. The molecule has 218 valence electrons. The predicted molar refractivity (Wildman–Crippen MR) is 194 cm³/mol. The van der Waals surface area contributed by atoms with Gasteiger partial charge in [0.05, 0.1) is 11.4 Å². The van der Waals surface area contributed by atoms with E-state index in [1.165, 1.54) is 21.9 Å². The van der Waals surface area contributed by atoms with Gasteiger partial charge in [-0.1, -0.05) is 146 Å². The van der Waals surface area contributed by atoms with Gasteiger partial charge in [-0.05, 0) is 73.5 Å². The Morgan fingerprint density at radius 1 is 0.370 bits per heavy atom. The van der Waals surface area contributed by atoms with Gasteiger partial charge in [-0.15, -0.1) is 0 Å². The second kappa shape index (κ2) is 11.7. The Labute approximate surface area is 268 Å². The van der Waals surface area contributed by atoms with Crippen molar-refractivity contribution < 1.29 is 10.0 Å². The molecule has 8 rings (SSSR count). The van der Waals surface area contributed by atoms with Crippen LogP contribution in [0.4, 0.5) is 17.1 Å². The van der Waals surface area contributed by atoms with Crippen LogP contribution in [-0.2, 0) is 0 Å². The molecule has 0 aliphatic heterocycles. The fraction of sp³-hybridized carbons (Fsp3) is 0. The monoisotopic (exact) mass is 591 g/mol. The topological polar surface area (TPSA) is 43.7 Å². The third-order valence-corrected chi connectivity index (χ3v) is 8.91. The zero-order valence-electron chi connectivity index (χ0n) is 25.1. The Balaban J connectivity index is 1.38. The summed E-state index contributed by atoms with van der Waals surface area (Å²) in [6, 6.07) is 58.9. The van der Waals surface area contributed by atoms with Crippen molar-refractivity contribution in [3.63, 3.8) is 0 Å². The Morgan fingerprint density at radius 3 is 1.61 bits per heavy atom. The summed E-state index contributed by atoms with van der Waals surface area (Å²) in [4.78, 5) is 2.29. The molecule has 0 atom stereocenters. The van der Waals surface area contributed by atoms with Crippen LogP contribution >= 0.6 is 0 Å². The third kappa shape index (κ3) is 4.81. The molecule has 8 aromatic rings. The molecule has 0 radical (unpaired) electrons. The minimum absolute atomic E-state index is 0.481. The van der Waals surface area contributed by atoms with E-state index in [1.807, 2.05) is 36.4 Å². The predicted octanol–water partition coefficient (Wildman–Crippen LogP) is 9.63. The first-order valence-corrected chi connectivity index (χ1v) is 15.5. The summed E-state index contributed by atoms with van der Waals surface area (Å²) in [5, 5.41) is 26.9. The average Bonchev–Trinajstić information content (AvgIpc) is 3.12. The van der Waals surface area contributed by atoms with E-state index in [1.54, 1.807) is 0 Å². The molecule has 0 aliphatic rings. The summed E-state index contributed by atoms with van der Waals surface area (Å²) in [6.07, 6.45) is 0. The normalized spacial score (nSPS) is 11.3. The van der Waals surface area contributed by atoms with Crippen LogP contribution in [-0.4, -0.2) is 17.2 Å². The molecule has 0 spiro atoms. The lowest BCUT2D eigenvalue weighted by atomic mass is 9.77. The molecule has 0 unspecified atom stereocenters. The van der Waals surface area contributed by atoms with Crippen molar-refractivity contribution in [2.45, 2.75) is 0 Å². The van der Waals surface area contributed by atoms with Gasteiger partial charge >= 0.3 is 7.12 Å². The van der Waals surface area contributed by atoms with Gasteiger partial charge in [0.1, 0.15) is 0 Å². The van der Waals surface area contributed by atoms with Crippen molar-refractivity contribution >= 4 is 62.0 Å². The highest BCUT2D eigenvalue weighted by Crippen LogP contribution is 2.45. The molecule has 0 saturated carbocycles. The number of hydrogen-bond donors (Lipinski definition) is 2. The van der Waals surface area contributed by atoms with Crippen LogP contribution in [0.3, 0.4) is 0 Å². The first-order chi connectivity index (χ1) is 22.7. The fourth-order valence-corrected chi connectivity index (χ4v) is 6.74. The first kappa shape index (κ1) is 27.8. The standard InChI is InChI=1S/C42H30BNO2/c45-43(46)40-26-28-42(39-19-9-7-17-37(39)40)44(32-23-21-30(22-24-32)29-11-2-1-3-12-29)41-27-25-36(35-16-6-8-18-38(35)41)34-20-10-14-31-13-4-5-15-33(31)34/h1-28,45-46H. The lowest BCUT2D eigenvalue weighted by Gasteiger charge is -2.29. The molecule has 0 fully saturated rings. The Hall–Kier alpha value is -5.68. The van der Waals surface area contributed by atoms with Gasteiger partial charge in [-0.2, -0.15) is 0 Å². The molecule has 8 aromatic carbocycles. The lowest BCUT2D eigenvalue weighted by molar-refractivity contribution is 0.426. The first-order valence-electron chi connectivity index (χ1n) is 15.5. The fourth-order valence-electron chi connectivity index (χ4n) is 6.74. The number of anilines is 3. The van der Waals surface area contributed by atoms with Gasteiger partial charge < -0.3 is 14.9 Å². The molecule has 4 heteroatoms. The van der Waals surface area contributed by atoms with Crippen LogP contribution in [0.25, 0.3) is 54.6 Å². The summed E-state index contributed by atoms with van der Waals surface area (Å²) in [6.45, 7) is 0. The van der Waals surface area contributed by atoms with Crippen LogP contribution in [0.2, 0.25) is 0 Å². The van der Waals surface area contributed by atoms with E-state index in [4.69, 9.17) is 0 Å². The maximum atomic E-state index is 10.2. The van der Waals surface area contributed by atoms with Gasteiger partial charge in [0.2, 0.25) is 0 Å². The summed E-state index contributed by atoms with van der Waals surface area (Å²) in [7, 11) is -1.57. The van der Waals surface area contributed by atoms with E-state index in [0.29, 0.717) is 5.46 Å². The molecule has 0 amide bonds. The second-order valence-corrected chi connectivity index (χ2v) is 11.5. The van der Waals surface area contributed by atoms with E-state index < -0.39 is 7.12 Å². The Kier molecular flexibility index (Phi) is 7.07. The minimum atomic E-state index is -1.57. The average molecular weight is 592 g/mol. The largest absolute Gasteiger partial charge is 0.489 e. The van der Waals surface area contributed by atoms with Crippen molar-refractivity contribution in [2.75, 3.05) is 4.90 Å². The van der Waals surface area contributed by atoms with Crippen molar-refractivity contribution in [1.82, 2.24) is 0 Å². The highest BCUT2D eigenvalue weighted by molar-refractivity contribution is 6.62. The Bertz CT molecular complexity index is 2340. The molecular formula is C42H30BNO2. The minimum Gasteiger partial charge on any atom is -0.423 e. The van der Waals surface area contributed by atoms with Crippen molar-refractivity contribution in [2.24, 2.45) is 0 Å². The number of nitrogens with zero attached hydrogens (tertiary/aromatic N) is 1. The van der Waals surface area contributed by atoms with Crippen molar-refractivity contribution in [1.29, 1.82) is 0 Å². The molecule has 0 aliphatic carbocycles. The van der Waals surface area contributed by atoms with Gasteiger partial charge in [-0.3, -0.25) is 0 Å². The van der Waals surface area contributed by atoms with Crippen molar-refractivity contribution in [3.8, 4) is 22.3 Å². The van der Waals surface area contributed by atoms with E-state index in [9.17, 15) is 10.0 Å². The summed E-state index contributed by atoms with van der Waals surface area (Å²) in [5.74, 6) is 0. The highest BCUT2D eigenvalue weighted by Gasteiger charge is 2.22. The van der Waals surface area contributed by atoms with E-state index in [0.717, 1.165) is 49.7 Å². The molecule has 0 bridgehead atoms. The maximum absolute atomic E-state index is 10.2. The van der Waals surface area contributed by atoms with Crippen LogP contribution < -0.4 is 10.4 Å². The van der Waals surface area contributed by atoms with Gasteiger partial charge in [0.15, 0.2) is 0 Å². The lowest BCUT2D eigenvalue weighted by Crippen LogP contribution is -2.30. The van der Waals surface area contributed by atoms with E-state index in [2.05, 4.69) is 138 Å². The molecule has 3 nitrogen and oxygen atoms in total. The number of hydrogen-bond acceptors (Lipinski definition) is 3. The van der Waals surface area contributed by atoms with E-state index >= 15 is 0 Å². The van der Waals surface area contributed by atoms with Gasteiger partial charge in [0, 0.05) is 16.5 Å². The van der Waals surface area contributed by atoms with Crippen LogP contribution in [0.5, 0.6) is 0 Å². The van der Waals surface area contributed by atoms with Crippen LogP contribution in [0, 0.1) is 0 Å². The molecule has 0 aromatic heterocycles. The summed E-state index contributed by atoms with van der Waals surface area (Å²) < 4.78 is 0. The Morgan fingerprint density at radius 2 is 0.891 bits per heavy atom. The van der Waals surface area contributed by atoms with Crippen molar-refractivity contribution in [3.05, 3.63) is 170 Å². The van der Waals surface area contributed by atoms with Gasteiger partial charge in [-0.25, -0.2) is 0 Å². The molecular weight excluding hydrogens is 561 g/mol. The quantitative estimate of drug-likeness (QED) is 0.189. The zero-order valence-corrected chi connectivity index (χ0v) is 25.1. The number of benzene rings is 8. The van der Waals surface area contributed by atoms with E-state index in [-0.39, 0.29) is 0 Å². The summed E-state index contributed by atoms with van der Waals surface area (Å²) in [5.41, 5.74) is 8.16. The highest BCUT2D eigenvalue weighted by atomic mass is 16.4. The molecule has 46 heavy (non-hydrogen) atoms. The smallest absolute Gasteiger partial charge is 0.423 e. The number of fused-ring (bicyclic) bond motifs is 3. The summed E-state index contributed by atoms with van der Waals surface area (Å²) >= 11 is 0. The molecule has 0 heterocycles.